The maximum Gasteiger partial charge on any atom is 0.271 e. The number of carbonyl (C=O) groups is 1. The van der Waals surface area contributed by atoms with E-state index in [9.17, 15) is 9.59 Å². The highest BCUT2D eigenvalue weighted by Gasteiger charge is 2.23. The molecule has 0 fully saturated rings. The van der Waals surface area contributed by atoms with E-state index in [4.69, 9.17) is 0 Å². The molecule has 1 aliphatic heterocycles. The lowest BCUT2D eigenvalue weighted by molar-refractivity contribution is 0.0821. The molecule has 3 aromatic rings. The lowest BCUT2D eigenvalue weighted by atomic mass is 9.93. The van der Waals surface area contributed by atoms with Gasteiger partial charge in [-0.1, -0.05) is 31.6 Å². The summed E-state index contributed by atoms with van der Waals surface area (Å²) in [7, 11) is 5.29. The van der Waals surface area contributed by atoms with Crippen LogP contribution in [-0.2, 0) is 0 Å². The van der Waals surface area contributed by atoms with Crippen molar-refractivity contribution < 1.29 is 4.79 Å². The molecule has 0 radical (unpaired) electrons. The number of carbonyl (C=O) groups excluding carboxylic acids is 1. The summed E-state index contributed by atoms with van der Waals surface area (Å²) in [6, 6.07) is 7.49. The highest BCUT2D eigenvalue weighted by atomic mass is 16.2. The zero-order valence-corrected chi connectivity index (χ0v) is 26.9. The minimum Gasteiger partial charge on any atom is -0.388 e. The van der Waals surface area contributed by atoms with E-state index < -0.39 is 0 Å². The van der Waals surface area contributed by atoms with Crippen LogP contribution in [0.25, 0.3) is 17.3 Å². The Morgan fingerprint density at radius 3 is 2.40 bits per heavy atom. The Labute approximate surface area is 250 Å². The molecule has 0 saturated carbocycles. The largest absolute Gasteiger partial charge is 0.388 e. The Morgan fingerprint density at radius 1 is 1.12 bits per heavy atom. The first-order chi connectivity index (χ1) is 20.0. The van der Waals surface area contributed by atoms with E-state index in [1.54, 1.807) is 49.1 Å². The smallest absolute Gasteiger partial charge is 0.271 e. The van der Waals surface area contributed by atoms with Crippen molar-refractivity contribution in [2.45, 2.75) is 60.9 Å². The maximum atomic E-state index is 12.9. The molecule has 0 saturated heterocycles. The summed E-state index contributed by atoms with van der Waals surface area (Å²) in [5.74, 6) is -0.0792. The number of amides is 1. The van der Waals surface area contributed by atoms with Crippen molar-refractivity contribution in [2.24, 2.45) is 0 Å². The minimum atomic E-state index is -0.0920. The van der Waals surface area contributed by atoms with Gasteiger partial charge in [-0.05, 0) is 70.4 Å². The first kappa shape index (κ1) is 32.5. The Morgan fingerprint density at radius 2 is 1.83 bits per heavy atom. The maximum absolute atomic E-state index is 12.9. The van der Waals surface area contributed by atoms with Crippen molar-refractivity contribution >= 4 is 23.2 Å². The average molecular weight is 571 g/mol. The van der Waals surface area contributed by atoms with Crippen LogP contribution in [0.15, 0.2) is 53.1 Å². The molecular weight excluding hydrogens is 524 g/mol. The Hall–Kier alpha value is -4.04. The van der Waals surface area contributed by atoms with Crippen LogP contribution in [0.1, 0.15) is 72.7 Å². The Balaban J connectivity index is 0.00000237. The van der Waals surface area contributed by atoms with E-state index in [0.29, 0.717) is 5.69 Å². The number of aromatic nitrogens is 3. The summed E-state index contributed by atoms with van der Waals surface area (Å²) in [4.78, 5) is 38.4. The van der Waals surface area contributed by atoms with E-state index in [2.05, 4.69) is 53.1 Å². The molecule has 1 aliphatic rings. The normalized spacial score (nSPS) is 14.4. The van der Waals surface area contributed by atoms with Gasteiger partial charge >= 0.3 is 0 Å². The highest BCUT2D eigenvalue weighted by molar-refractivity contribution is 5.92. The highest BCUT2D eigenvalue weighted by Crippen LogP contribution is 2.30. The molecule has 224 valence electrons. The summed E-state index contributed by atoms with van der Waals surface area (Å²) in [6.45, 7) is 16.1. The van der Waals surface area contributed by atoms with Crippen LogP contribution in [0.2, 0.25) is 0 Å². The van der Waals surface area contributed by atoms with Crippen LogP contribution in [-0.4, -0.2) is 70.5 Å². The third kappa shape index (κ3) is 7.05. The second-order valence-electron chi connectivity index (χ2n) is 10.7. The van der Waals surface area contributed by atoms with Gasteiger partial charge < -0.3 is 10.2 Å². The molecule has 0 aliphatic carbocycles. The number of pyridine rings is 3. The van der Waals surface area contributed by atoms with Crippen molar-refractivity contribution in [3.05, 3.63) is 92.4 Å². The molecule has 0 spiro atoms. The van der Waals surface area contributed by atoms with Gasteiger partial charge in [0, 0.05) is 86.9 Å². The first-order valence-corrected chi connectivity index (χ1v) is 14.7. The summed E-state index contributed by atoms with van der Waals surface area (Å²) < 4.78 is 1.67. The number of anilines is 1. The van der Waals surface area contributed by atoms with E-state index in [0.717, 1.165) is 59.0 Å². The summed E-state index contributed by atoms with van der Waals surface area (Å²) >= 11 is 0. The van der Waals surface area contributed by atoms with Crippen LogP contribution in [0.3, 0.4) is 0 Å². The summed E-state index contributed by atoms with van der Waals surface area (Å²) in [5.41, 5.74) is 9.44. The molecular formula is C34H46N6O2. The quantitative estimate of drug-likeness (QED) is 0.381. The van der Waals surface area contributed by atoms with Crippen molar-refractivity contribution in [2.75, 3.05) is 39.5 Å². The van der Waals surface area contributed by atoms with Crippen LogP contribution in [0.4, 0.5) is 5.69 Å². The molecule has 4 heterocycles. The van der Waals surface area contributed by atoms with Crippen molar-refractivity contribution in [1.29, 1.82) is 0 Å². The van der Waals surface area contributed by atoms with Crippen LogP contribution >= 0.6 is 0 Å². The van der Waals surface area contributed by atoms with Gasteiger partial charge in [0.25, 0.3) is 11.5 Å². The third-order valence-corrected chi connectivity index (χ3v) is 7.80. The topological polar surface area (TPSA) is 83.4 Å². The van der Waals surface area contributed by atoms with Gasteiger partial charge in [-0.25, -0.2) is 4.98 Å². The van der Waals surface area contributed by atoms with Crippen LogP contribution in [0.5, 0.6) is 0 Å². The molecule has 3 aromatic heterocycles. The Bertz CT molecular complexity index is 1530. The second kappa shape index (κ2) is 14.2. The van der Waals surface area contributed by atoms with Gasteiger partial charge in [0.15, 0.2) is 0 Å². The minimum absolute atomic E-state index is 0.0792. The predicted octanol–water partition coefficient (Wildman–Crippen LogP) is 5.90. The van der Waals surface area contributed by atoms with E-state index in [1.165, 1.54) is 11.1 Å². The molecule has 1 unspecified atom stereocenters. The molecule has 1 N–H and O–H groups in total. The Kier molecular flexibility index (Phi) is 11.0. The summed E-state index contributed by atoms with van der Waals surface area (Å²) in [5, 5.41) is 3.02. The van der Waals surface area contributed by atoms with Gasteiger partial charge in [-0.3, -0.25) is 24.0 Å². The van der Waals surface area contributed by atoms with Gasteiger partial charge in [0.2, 0.25) is 0 Å². The van der Waals surface area contributed by atoms with Gasteiger partial charge in [-0.2, -0.15) is 0 Å². The molecule has 1 atom stereocenters. The molecule has 8 heteroatoms. The number of hydrogen-bond donors (Lipinski definition) is 1. The van der Waals surface area contributed by atoms with Crippen LogP contribution in [0, 0.1) is 20.8 Å². The second-order valence-corrected chi connectivity index (χ2v) is 10.7. The lowest BCUT2D eigenvalue weighted by Crippen LogP contribution is -2.37. The molecule has 0 aromatic carbocycles. The third-order valence-electron chi connectivity index (χ3n) is 7.80. The zero-order valence-electron chi connectivity index (χ0n) is 26.9. The fourth-order valence-electron chi connectivity index (χ4n) is 5.34. The van der Waals surface area contributed by atoms with E-state index >= 15 is 0 Å². The SMILES string of the molecule is CC.CNc1ccn(-c2ccnc(C)c2/C=C(\C)C(C)N2CC=C(c3c(C)cc(C(=O)N(C)C)nc3C)CC2)c(=O)c1. The first-order valence-electron chi connectivity index (χ1n) is 14.7. The lowest BCUT2D eigenvalue weighted by Gasteiger charge is -2.33. The van der Waals surface area contributed by atoms with Crippen LogP contribution < -0.4 is 10.9 Å². The van der Waals surface area contributed by atoms with Gasteiger partial charge in [0.05, 0.1) is 5.69 Å². The number of nitrogens with one attached hydrogen (secondary N) is 1. The fourth-order valence-corrected chi connectivity index (χ4v) is 5.34. The fraction of sp³-hybridized carbons (Fsp3) is 0.412. The van der Waals surface area contributed by atoms with Crippen molar-refractivity contribution in [3.63, 3.8) is 0 Å². The zero-order chi connectivity index (χ0) is 31.1. The van der Waals surface area contributed by atoms with Crippen molar-refractivity contribution in [1.82, 2.24) is 24.3 Å². The van der Waals surface area contributed by atoms with Gasteiger partial charge in [0.1, 0.15) is 5.69 Å². The molecule has 0 bridgehead atoms. The standard InChI is InChI=1S/C32H40N6O2.C2H6/c1-20(17-27-22(3)34-13-9-29(27)38-16-12-26(33-6)19-30(38)39)24(5)37-14-10-25(11-15-37)31-21(2)18-28(35-23(31)4)32(40)36(7)8;1-2/h9-10,12-13,16-19,24,33H,11,14-15H2,1-8H3;1-2H3/b20-17+;. The molecule has 4 rings (SSSR count). The number of rotatable bonds is 7. The van der Waals surface area contributed by atoms with Gasteiger partial charge in [-0.15, -0.1) is 0 Å². The average Bonchev–Trinajstić information content (AvgIpc) is 2.98. The number of aryl methyl sites for hydroxylation is 3. The molecule has 1 amide bonds. The van der Waals surface area contributed by atoms with E-state index in [1.807, 2.05) is 45.9 Å². The number of hydrogen-bond acceptors (Lipinski definition) is 6. The molecule has 42 heavy (non-hydrogen) atoms. The van der Waals surface area contributed by atoms with E-state index in [-0.39, 0.29) is 17.5 Å². The summed E-state index contributed by atoms with van der Waals surface area (Å²) in [6.07, 6.45) is 8.92. The van der Waals surface area contributed by atoms with Crippen molar-refractivity contribution in [3.8, 4) is 5.69 Å². The molecule has 8 nitrogen and oxygen atoms in total. The monoisotopic (exact) mass is 570 g/mol. The number of nitrogens with zero attached hydrogens (tertiary/aromatic N) is 5. The predicted molar refractivity (Wildman–Crippen MR) is 174 cm³/mol.